The Bertz CT molecular complexity index is 570. The molecule has 0 unspecified atom stereocenters. The van der Waals surface area contributed by atoms with Crippen LogP contribution in [0, 0.1) is 0 Å². The predicted molar refractivity (Wildman–Crippen MR) is 80.6 cm³/mol. The highest BCUT2D eigenvalue weighted by molar-refractivity contribution is 7.14. The van der Waals surface area contributed by atoms with Crippen molar-refractivity contribution < 1.29 is 9.53 Å². The number of fused-ring (bicyclic) bond motifs is 1. The van der Waals surface area contributed by atoms with Gasteiger partial charge in [-0.15, -0.1) is 11.3 Å². The number of para-hydroxylation sites is 1. The Balaban J connectivity index is 1.45. The third-order valence-corrected chi connectivity index (χ3v) is 4.61. The normalized spacial score (nSPS) is 13.0. The monoisotopic (exact) mass is 287 g/mol. The summed E-state index contributed by atoms with van der Waals surface area (Å²) in [5.74, 6) is 0.845. The lowest BCUT2D eigenvalue weighted by Gasteiger charge is -2.06. The largest absolute Gasteiger partial charge is 0.492 e. The fourth-order valence-electron chi connectivity index (χ4n) is 2.38. The summed E-state index contributed by atoms with van der Waals surface area (Å²) in [5.41, 5.74) is 1.36. The minimum atomic E-state index is 0.0149. The number of carbonyl (C=O) groups is 1. The number of rotatable bonds is 5. The highest BCUT2D eigenvalue weighted by Gasteiger charge is 2.17. The molecule has 20 heavy (non-hydrogen) atoms. The van der Waals surface area contributed by atoms with Gasteiger partial charge in [0.1, 0.15) is 12.4 Å². The van der Waals surface area contributed by atoms with Crippen LogP contribution in [0.1, 0.15) is 26.5 Å². The molecular formula is C16H17NO2S. The van der Waals surface area contributed by atoms with E-state index in [2.05, 4.69) is 5.32 Å². The topological polar surface area (TPSA) is 38.3 Å². The Labute approximate surface area is 122 Å². The van der Waals surface area contributed by atoms with Crippen LogP contribution in [-0.2, 0) is 12.8 Å². The standard InChI is InChI=1S/C16H17NO2S/c18-16(15-11-12-5-4-8-14(12)20-15)17-9-10-19-13-6-2-1-3-7-13/h1-3,6-7,11H,4-5,8-10H2,(H,17,18). The van der Waals surface area contributed by atoms with Gasteiger partial charge < -0.3 is 10.1 Å². The van der Waals surface area contributed by atoms with Crippen molar-refractivity contribution in [3.63, 3.8) is 0 Å². The van der Waals surface area contributed by atoms with E-state index < -0.39 is 0 Å². The highest BCUT2D eigenvalue weighted by atomic mass is 32.1. The molecule has 0 saturated heterocycles. The van der Waals surface area contributed by atoms with Gasteiger partial charge in [-0.2, -0.15) is 0 Å². The first kappa shape index (κ1) is 13.2. The summed E-state index contributed by atoms with van der Waals surface area (Å²) in [4.78, 5) is 14.2. The van der Waals surface area contributed by atoms with Gasteiger partial charge in [-0.3, -0.25) is 4.79 Å². The van der Waals surface area contributed by atoms with E-state index in [0.29, 0.717) is 13.2 Å². The Kier molecular flexibility index (Phi) is 4.02. The zero-order valence-electron chi connectivity index (χ0n) is 11.2. The summed E-state index contributed by atoms with van der Waals surface area (Å²) in [7, 11) is 0. The molecule has 3 rings (SSSR count). The van der Waals surface area contributed by atoms with E-state index in [-0.39, 0.29) is 5.91 Å². The van der Waals surface area contributed by atoms with Crippen molar-refractivity contribution in [2.75, 3.05) is 13.2 Å². The Morgan fingerprint density at radius 3 is 2.90 bits per heavy atom. The van der Waals surface area contributed by atoms with Crippen molar-refractivity contribution in [3.8, 4) is 5.75 Å². The molecule has 0 fully saturated rings. The van der Waals surface area contributed by atoms with E-state index in [9.17, 15) is 4.79 Å². The predicted octanol–water partition coefficient (Wildman–Crippen LogP) is 3.05. The van der Waals surface area contributed by atoms with Gasteiger partial charge in [0.2, 0.25) is 0 Å². The van der Waals surface area contributed by atoms with Gasteiger partial charge in [-0.05, 0) is 43.0 Å². The number of thiophene rings is 1. The number of benzene rings is 1. The summed E-state index contributed by atoms with van der Waals surface area (Å²) in [6.07, 6.45) is 3.48. The molecule has 1 heterocycles. The van der Waals surface area contributed by atoms with Crippen LogP contribution in [0.3, 0.4) is 0 Å². The fourth-order valence-corrected chi connectivity index (χ4v) is 3.55. The van der Waals surface area contributed by atoms with Crippen LogP contribution in [-0.4, -0.2) is 19.1 Å². The molecule has 1 aliphatic carbocycles. The molecule has 0 saturated carbocycles. The Hall–Kier alpha value is -1.81. The van der Waals surface area contributed by atoms with Crippen molar-refractivity contribution in [1.82, 2.24) is 5.32 Å². The first-order valence-electron chi connectivity index (χ1n) is 6.90. The van der Waals surface area contributed by atoms with Gasteiger partial charge in [0.25, 0.3) is 5.91 Å². The van der Waals surface area contributed by atoms with Crippen molar-refractivity contribution >= 4 is 17.2 Å². The average Bonchev–Trinajstić information content (AvgIpc) is 3.05. The maximum absolute atomic E-state index is 12.0. The lowest BCUT2D eigenvalue weighted by atomic mass is 10.2. The van der Waals surface area contributed by atoms with Gasteiger partial charge in [-0.1, -0.05) is 18.2 Å². The third-order valence-electron chi connectivity index (χ3n) is 3.37. The van der Waals surface area contributed by atoms with Crippen LogP contribution in [0.5, 0.6) is 5.75 Å². The van der Waals surface area contributed by atoms with E-state index in [1.807, 2.05) is 36.4 Å². The third kappa shape index (κ3) is 3.02. The van der Waals surface area contributed by atoms with Crippen molar-refractivity contribution in [2.45, 2.75) is 19.3 Å². The van der Waals surface area contributed by atoms with E-state index in [4.69, 9.17) is 4.74 Å². The molecule has 1 amide bonds. The number of amides is 1. The number of hydrogen-bond donors (Lipinski definition) is 1. The maximum Gasteiger partial charge on any atom is 0.261 e. The number of hydrogen-bond acceptors (Lipinski definition) is 3. The average molecular weight is 287 g/mol. The second-order valence-electron chi connectivity index (χ2n) is 4.83. The molecule has 104 valence electrons. The second-order valence-corrected chi connectivity index (χ2v) is 5.97. The molecule has 1 aliphatic rings. The molecule has 1 aromatic heterocycles. The summed E-state index contributed by atoms with van der Waals surface area (Å²) in [6, 6.07) is 11.7. The van der Waals surface area contributed by atoms with Crippen molar-refractivity contribution in [3.05, 3.63) is 51.7 Å². The van der Waals surface area contributed by atoms with Gasteiger partial charge in [-0.25, -0.2) is 0 Å². The van der Waals surface area contributed by atoms with Gasteiger partial charge in [0.15, 0.2) is 0 Å². The van der Waals surface area contributed by atoms with Gasteiger partial charge >= 0.3 is 0 Å². The molecule has 4 heteroatoms. The van der Waals surface area contributed by atoms with Crippen LogP contribution in [0.25, 0.3) is 0 Å². The molecule has 1 aromatic carbocycles. The van der Waals surface area contributed by atoms with Crippen LogP contribution in [0.2, 0.25) is 0 Å². The number of aryl methyl sites for hydroxylation is 2. The molecule has 0 spiro atoms. The van der Waals surface area contributed by atoms with Crippen molar-refractivity contribution in [1.29, 1.82) is 0 Å². The lowest BCUT2D eigenvalue weighted by molar-refractivity contribution is 0.0951. The zero-order valence-corrected chi connectivity index (χ0v) is 12.0. The molecule has 0 aliphatic heterocycles. The Morgan fingerprint density at radius 1 is 1.25 bits per heavy atom. The Morgan fingerprint density at radius 2 is 2.10 bits per heavy atom. The SMILES string of the molecule is O=C(NCCOc1ccccc1)c1cc2c(s1)CCC2. The summed E-state index contributed by atoms with van der Waals surface area (Å²) in [6.45, 7) is 1.01. The summed E-state index contributed by atoms with van der Waals surface area (Å²) in [5, 5.41) is 2.90. The van der Waals surface area contributed by atoms with Crippen LogP contribution >= 0.6 is 11.3 Å². The molecule has 0 atom stereocenters. The summed E-state index contributed by atoms with van der Waals surface area (Å²) >= 11 is 1.63. The van der Waals surface area contributed by atoms with Gasteiger partial charge in [0, 0.05) is 4.88 Å². The second kappa shape index (κ2) is 6.09. The molecular weight excluding hydrogens is 270 g/mol. The van der Waals surface area contributed by atoms with E-state index in [0.717, 1.165) is 23.5 Å². The molecule has 2 aromatic rings. The van der Waals surface area contributed by atoms with Gasteiger partial charge in [0.05, 0.1) is 11.4 Å². The number of nitrogens with one attached hydrogen (secondary N) is 1. The van der Waals surface area contributed by atoms with E-state index in [1.54, 1.807) is 11.3 Å². The lowest BCUT2D eigenvalue weighted by Crippen LogP contribution is -2.27. The maximum atomic E-state index is 12.0. The first-order chi connectivity index (χ1) is 9.83. The molecule has 0 radical (unpaired) electrons. The summed E-state index contributed by atoms with van der Waals surface area (Å²) < 4.78 is 5.54. The van der Waals surface area contributed by atoms with Crippen LogP contribution in [0.4, 0.5) is 0 Å². The fraction of sp³-hybridized carbons (Fsp3) is 0.312. The highest BCUT2D eigenvalue weighted by Crippen LogP contribution is 2.30. The molecule has 1 N–H and O–H groups in total. The number of carbonyl (C=O) groups excluding carboxylic acids is 1. The van der Waals surface area contributed by atoms with Crippen LogP contribution in [0.15, 0.2) is 36.4 Å². The zero-order chi connectivity index (χ0) is 13.8. The van der Waals surface area contributed by atoms with Crippen molar-refractivity contribution in [2.24, 2.45) is 0 Å². The molecule has 0 bridgehead atoms. The number of ether oxygens (including phenoxy) is 1. The smallest absolute Gasteiger partial charge is 0.261 e. The minimum absolute atomic E-state index is 0.0149. The first-order valence-corrected chi connectivity index (χ1v) is 7.72. The quantitative estimate of drug-likeness (QED) is 0.858. The van der Waals surface area contributed by atoms with Crippen LogP contribution < -0.4 is 10.1 Å². The minimum Gasteiger partial charge on any atom is -0.492 e. The van der Waals surface area contributed by atoms with E-state index in [1.165, 1.54) is 16.9 Å². The van der Waals surface area contributed by atoms with E-state index >= 15 is 0 Å². The molecule has 3 nitrogen and oxygen atoms in total.